The van der Waals surface area contributed by atoms with E-state index in [1.807, 2.05) is 105 Å². The summed E-state index contributed by atoms with van der Waals surface area (Å²) in [6.45, 7) is 8.97. The maximum Gasteiger partial charge on any atom is 0.253 e. The molecule has 8 nitrogen and oxygen atoms in total. The van der Waals surface area contributed by atoms with Gasteiger partial charge in [-0.05, 0) is 55.9 Å². The molecule has 0 bridgehead atoms. The Kier molecular flexibility index (Phi) is 8.01. The van der Waals surface area contributed by atoms with Gasteiger partial charge in [-0.1, -0.05) is 80.6 Å². The van der Waals surface area contributed by atoms with E-state index in [1.54, 1.807) is 9.80 Å². The van der Waals surface area contributed by atoms with Crippen LogP contribution in [0.3, 0.4) is 0 Å². The first-order valence-corrected chi connectivity index (χ1v) is 15.9. The Hall–Kier alpha value is -3.75. The van der Waals surface area contributed by atoms with Crippen LogP contribution in [0.5, 0.6) is 0 Å². The third-order valence-corrected chi connectivity index (χ3v) is 10.0. The molecule has 8 heteroatoms. The molecule has 3 amide bonds. The van der Waals surface area contributed by atoms with Gasteiger partial charge in [-0.3, -0.25) is 14.4 Å². The normalized spacial score (nSPS) is 30.2. The van der Waals surface area contributed by atoms with E-state index in [0.29, 0.717) is 32.5 Å². The van der Waals surface area contributed by atoms with Crippen molar-refractivity contribution >= 4 is 23.4 Å². The smallest absolute Gasteiger partial charge is 0.253 e. The molecule has 4 aliphatic heterocycles. The van der Waals surface area contributed by atoms with Crippen molar-refractivity contribution in [2.24, 2.45) is 11.8 Å². The molecule has 6 rings (SSSR count). The van der Waals surface area contributed by atoms with E-state index in [4.69, 9.17) is 4.74 Å². The fraction of sp³-hybridized carbons (Fsp3) is 0.472. The van der Waals surface area contributed by atoms with Crippen LogP contribution < -0.4 is 4.90 Å². The number of amides is 3. The van der Waals surface area contributed by atoms with Gasteiger partial charge in [0.25, 0.3) is 5.91 Å². The summed E-state index contributed by atoms with van der Waals surface area (Å²) in [6.07, 6.45) is 9.38. The number of likely N-dealkylation sites (tertiary alicyclic amines) is 1. The molecule has 4 heterocycles. The van der Waals surface area contributed by atoms with Gasteiger partial charge in [-0.2, -0.15) is 0 Å². The van der Waals surface area contributed by atoms with Crippen molar-refractivity contribution in [3.05, 3.63) is 89.5 Å². The Labute approximate surface area is 260 Å². The molecule has 0 aromatic heterocycles. The number of aliphatic hydroxyl groups is 1. The van der Waals surface area contributed by atoms with Crippen LogP contribution in [0.15, 0.2) is 72.8 Å². The number of ether oxygens (including phenoxy) is 1. The highest BCUT2D eigenvalue weighted by Crippen LogP contribution is 2.59. The zero-order valence-electron chi connectivity index (χ0n) is 26.1. The lowest BCUT2D eigenvalue weighted by Gasteiger charge is -2.41. The summed E-state index contributed by atoms with van der Waals surface area (Å²) in [4.78, 5) is 49.4. The molecule has 2 aromatic carbocycles. The Balaban J connectivity index is 1.53. The number of carbonyl (C=O) groups is 3. The highest BCUT2D eigenvalue weighted by Gasteiger charge is 2.76. The standard InChI is InChI=1S/C36H43N3O5/c1-5-18-37-19-10-16-35(6-2)29(32(37)41)30-33(42)39(27(23-40)22-26-12-8-7-9-13-26)31-34(43)38(20-11-17-36(30,31)44-35)28-21-24(3)14-15-25(28)4/h7-17,21,27,29-31,40H,5-6,18-20,22-23H2,1-4H3/t27-,29-,30+,31?,35+,36+/m1/s1. The molecule has 2 saturated heterocycles. The van der Waals surface area contributed by atoms with E-state index < -0.39 is 35.1 Å². The predicted octanol–water partition coefficient (Wildman–Crippen LogP) is 3.98. The van der Waals surface area contributed by atoms with Crippen LogP contribution in [0, 0.1) is 25.7 Å². The van der Waals surface area contributed by atoms with Gasteiger partial charge < -0.3 is 24.5 Å². The molecule has 0 aliphatic carbocycles. The SMILES string of the molecule is CCCN1CC=C[C@]2(CC)O[C@]34C=CCN(c5cc(C)ccc5C)C(=O)C3N([C@@H](CO)Cc3ccccc3)C(=O)[C@@H]4[C@@H]2C1=O. The fourth-order valence-corrected chi connectivity index (χ4v) is 7.98. The molecule has 232 valence electrons. The number of hydrogen-bond donors (Lipinski definition) is 1. The number of fused-ring (bicyclic) bond motifs is 2. The number of aryl methyl sites for hydroxylation is 2. The summed E-state index contributed by atoms with van der Waals surface area (Å²) < 4.78 is 7.12. The Morgan fingerprint density at radius 1 is 0.932 bits per heavy atom. The van der Waals surface area contributed by atoms with Gasteiger partial charge in [0.05, 0.1) is 30.1 Å². The van der Waals surface area contributed by atoms with Crippen LogP contribution in [0.25, 0.3) is 0 Å². The van der Waals surface area contributed by atoms with Gasteiger partial charge in [-0.25, -0.2) is 0 Å². The lowest BCUT2D eigenvalue weighted by molar-refractivity contribution is -0.152. The van der Waals surface area contributed by atoms with E-state index in [1.165, 1.54) is 0 Å². The number of benzene rings is 2. The van der Waals surface area contributed by atoms with Crippen molar-refractivity contribution in [2.75, 3.05) is 31.1 Å². The predicted molar refractivity (Wildman–Crippen MR) is 169 cm³/mol. The molecule has 44 heavy (non-hydrogen) atoms. The van der Waals surface area contributed by atoms with Gasteiger partial charge in [0.2, 0.25) is 11.8 Å². The molecule has 0 radical (unpaired) electrons. The molecule has 6 atom stereocenters. The Morgan fingerprint density at radius 3 is 2.39 bits per heavy atom. The van der Waals surface area contributed by atoms with Gasteiger partial charge >= 0.3 is 0 Å². The van der Waals surface area contributed by atoms with Crippen molar-refractivity contribution in [2.45, 2.75) is 70.2 Å². The van der Waals surface area contributed by atoms with Crippen molar-refractivity contribution in [3.63, 3.8) is 0 Å². The maximum absolute atomic E-state index is 15.0. The summed E-state index contributed by atoms with van der Waals surface area (Å²) in [5, 5.41) is 10.8. The van der Waals surface area contributed by atoms with Crippen molar-refractivity contribution < 1.29 is 24.2 Å². The molecule has 1 unspecified atom stereocenters. The van der Waals surface area contributed by atoms with Crippen molar-refractivity contribution in [3.8, 4) is 0 Å². The molecule has 4 aliphatic rings. The topological polar surface area (TPSA) is 90.4 Å². The summed E-state index contributed by atoms with van der Waals surface area (Å²) in [5.74, 6) is -2.40. The molecular formula is C36H43N3O5. The summed E-state index contributed by atoms with van der Waals surface area (Å²) in [7, 11) is 0. The largest absolute Gasteiger partial charge is 0.394 e. The minimum Gasteiger partial charge on any atom is -0.394 e. The lowest BCUT2D eigenvalue weighted by Crippen LogP contribution is -2.59. The van der Waals surface area contributed by atoms with E-state index in [-0.39, 0.29) is 24.3 Å². The highest BCUT2D eigenvalue weighted by molar-refractivity contribution is 6.06. The van der Waals surface area contributed by atoms with Crippen LogP contribution in [-0.4, -0.2) is 82.2 Å². The zero-order chi connectivity index (χ0) is 31.2. The third-order valence-electron chi connectivity index (χ3n) is 10.0. The number of anilines is 1. The van der Waals surface area contributed by atoms with Crippen LogP contribution in [0.4, 0.5) is 5.69 Å². The van der Waals surface area contributed by atoms with E-state index in [9.17, 15) is 19.5 Å². The maximum atomic E-state index is 15.0. The molecule has 2 fully saturated rings. The minimum absolute atomic E-state index is 0.116. The van der Waals surface area contributed by atoms with Crippen LogP contribution in [0.2, 0.25) is 0 Å². The number of aliphatic hydroxyl groups excluding tert-OH is 1. The Morgan fingerprint density at radius 2 is 1.68 bits per heavy atom. The molecule has 1 N–H and O–H groups in total. The first-order valence-electron chi connectivity index (χ1n) is 15.9. The second kappa shape index (κ2) is 11.6. The zero-order valence-corrected chi connectivity index (χ0v) is 26.1. The van der Waals surface area contributed by atoms with Gasteiger partial charge in [-0.15, -0.1) is 0 Å². The second-order valence-corrected chi connectivity index (χ2v) is 12.7. The average Bonchev–Trinajstić information content (AvgIpc) is 3.32. The Bertz CT molecular complexity index is 1500. The van der Waals surface area contributed by atoms with E-state index >= 15 is 0 Å². The number of hydrogen-bond acceptors (Lipinski definition) is 5. The summed E-state index contributed by atoms with van der Waals surface area (Å²) in [5.41, 5.74) is 1.28. The molecule has 0 saturated carbocycles. The lowest BCUT2D eigenvalue weighted by atomic mass is 9.73. The highest BCUT2D eigenvalue weighted by atomic mass is 16.5. The molecule has 2 aromatic rings. The number of carbonyl (C=O) groups excluding carboxylic acids is 3. The van der Waals surface area contributed by atoms with Crippen LogP contribution in [0.1, 0.15) is 43.4 Å². The second-order valence-electron chi connectivity index (χ2n) is 12.7. The van der Waals surface area contributed by atoms with Crippen molar-refractivity contribution in [1.29, 1.82) is 0 Å². The van der Waals surface area contributed by atoms with Gasteiger partial charge in [0.15, 0.2) is 0 Å². The first kappa shape index (κ1) is 30.3. The molecule has 1 spiro atoms. The number of nitrogens with zero attached hydrogens (tertiary/aromatic N) is 3. The van der Waals surface area contributed by atoms with E-state index in [0.717, 1.165) is 28.8 Å². The van der Waals surface area contributed by atoms with Crippen LogP contribution in [-0.2, 0) is 25.5 Å². The third kappa shape index (κ3) is 4.61. The van der Waals surface area contributed by atoms with E-state index in [2.05, 4.69) is 0 Å². The van der Waals surface area contributed by atoms with Gasteiger partial charge in [0.1, 0.15) is 11.6 Å². The quantitative estimate of drug-likeness (QED) is 0.465. The fourth-order valence-electron chi connectivity index (χ4n) is 7.98. The number of rotatable bonds is 8. The first-order chi connectivity index (χ1) is 21.2. The summed E-state index contributed by atoms with van der Waals surface area (Å²) >= 11 is 0. The minimum atomic E-state index is -1.37. The van der Waals surface area contributed by atoms with Crippen LogP contribution >= 0.6 is 0 Å². The monoisotopic (exact) mass is 597 g/mol. The molecular weight excluding hydrogens is 554 g/mol. The average molecular weight is 598 g/mol. The van der Waals surface area contributed by atoms with Gasteiger partial charge in [0, 0.05) is 25.3 Å². The summed E-state index contributed by atoms with van der Waals surface area (Å²) in [6, 6.07) is 13.9. The van der Waals surface area contributed by atoms with Crippen molar-refractivity contribution in [1.82, 2.24) is 9.80 Å².